The normalized spacial score (nSPS) is 11.1. The standard InChI is InChI=1S/C13H17N3O2/c1-8-4-9(11-6-12(14)18-15-11)5-10(13(8)17)7-16(2)3/h4-6,17H,7,14H2,1-3H3. The molecule has 0 saturated heterocycles. The summed E-state index contributed by atoms with van der Waals surface area (Å²) in [5, 5.41) is 13.9. The van der Waals surface area contributed by atoms with Crippen molar-refractivity contribution in [2.45, 2.75) is 13.5 Å². The number of nitrogens with zero attached hydrogens (tertiary/aromatic N) is 2. The van der Waals surface area contributed by atoms with Gasteiger partial charge in [-0.2, -0.15) is 0 Å². The van der Waals surface area contributed by atoms with E-state index in [0.717, 1.165) is 16.7 Å². The minimum absolute atomic E-state index is 0.282. The first-order chi connectivity index (χ1) is 8.47. The first kappa shape index (κ1) is 12.4. The van der Waals surface area contributed by atoms with Crippen LogP contribution in [0.3, 0.4) is 0 Å². The maximum Gasteiger partial charge on any atom is 0.222 e. The summed E-state index contributed by atoms with van der Waals surface area (Å²) < 4.78 is 4.86. The molecule has 0 saturated carbocycles. The predicted molar refractivity (Wildman–Crippen MR) is 70.1 cm³/mol. The minimum atomic E-state index is 0.282. The average molecular weight is 247 g/mol. The van der Waals surface area contributed by atoms with E-state index in [0.29, 0.717) is 18.0 Å². The van der Waals surface area contributed by atoms with E-state index in [4.69, 9.17) is 10.3 Å². The summed E-state index contributed by atoms with van der Waals surface area (Å²) in [5.41, 5.74) is 8.75. The van der Waals surface area contributed by atoms with Crippen LogP contribution in [0.25, 0.3) is 11.3 Å². The summed E-state index contributed by atoms with van der Waals surface area (Å²) >= 11 is 0. The number of rotatable bonds is 3. The molecular weight excluding hydrogens is 230 g/mol. The highest BCUT2D eigenvalue weighted by Crippen LogP contribution is 2.30. The highest BCUT2D eigenvalue weighted by molar-refractivity contribution is 5.65. The minimum Gasteiger partial charge on any atom is -0.507 e. The highest BCUT2D eigenvalue weighted by atomic mass is 16.5. The molecule has 2 aromatic rings. The van der Waals surface area contributed by atoms with Gasteiger partial charge in [0.1, 0.15) is 11.4 Å². The number of anilines is 1. The van der Waals surface area contributed by atoms with E-state index < -0.39 is 0 Å². The zero-order chi connectivity index (χ0) is 13.3. The third-order valence-corrected chi connectivity index (χ3v) is 2.69. The van der Waals surface area contributed by atoms with Gasteiger partial charge in [-0.05, 0) is 38.7 Å². The topological polar surface area (TPSA) is 75.5 Å². The molecule has 0 radical (unpaired) electrons. The maximum atomic E-state index is 10.0. The lowest BCUT2D eigenvalue weighted by Gasteiger charge is -2.14. The molecule has 0 amide bonds. The molecule has 0 bridgehead atoms. The number of benzene rings is 1. The van der Waals surface area contributed by atoms with Crippen LogP contribution in [0.4, 0.5) is 5.88 Å². The summed E-state index contributed by atoms with van der Waals surface area (Å²) in [5.74, 6) is 0.605. The largest absolute Gasteiger partial charge is 0.507 e. The summed E-state index contributed by atoms with van der Waals surface area (Å²) in [6.07, 6.45) is 0. The van der Waals surface area contributed by atoms with Crippen LogP contribution < -0.4 is 5.73 Å². The van der Waals surface area contributed by atoms with Crippen molar-refractivity contribution in [3.8, 4) is 17.0 Å². The van der Waals surface area contributed by atoms with Crippen molar-refractivity contribution >= 4 is 5.88 Å². The fourth-order valence-electron chi connectivity index (χ4n) is 1.89. The molecule has 0 aliphatic rings. The number of nitrogen functional groups attached to an aromatic ring is 1. The van der Waals surface area contributed by atoms with Gasteiger partial charge in [0.05, 0.1) is 0 Å². The van der Waals surface area contributed by atoms with Crippen LogP contribution in [0.5, 0.6) is 5.75 Å². The van der Waals surface area contributed by atoms with Crippen LogP contribution in [-0.2, 0) is 6.54 Å². The Morgan fingerprint density at radius 3 is 2.61 bits per heavy atom. The Morgan fingerprint density at radius 2 is 2.06 bits per heavy atom. The van der Waals surface area contributed by atoms with Crippen molar-refractivity contribution in [3.05, 3.63) is 29.3 Å². The van der Waals surface area contributed by atoms with Crippen LogP contribution in [0.2, 0.25) is 0 Å². The van der Waals surface area contributed by atoms with Crippen molar-refractivity contribution in [1.29, 1.82) is 0 Å². The average Bonchev–Trinajstić information content (AvgIpc) is 2.70. The monoisotopic (exact) mass is 247 g/mol. The predicted octanol–water partition coefficient (Wildman–Crippen LogP) is 2.00. The van der Waals surface area contributed by atoms with Gasteiger partial charge in [-0.1, -0.05) is 5.16 Å². The Kier molecular flexibility index (Phi) is 3.25. The smallest absolute Gasteiger partial charge is 0.222 e. The molecule has 1 heterocycles. The molecule has 96 valence electrons. The van der Waals surface area contributed by atoms with Gasteiger partial charge in [0.15, 0.2) is 0 Å². The van der Waals surface area contributed by atoms with Crippen LogP contribution >= 0.6 is 0 Å². The number of phenols is 1. The Balaban J connectivity index is 2.46. The molecule has 1 aromatic carbocycles. The molecule has 0 spiro atoms. The van der Waals surface area contributed by atoms with Gasteiger partial charge >= 0.3 is 0 Å². The van der Waals surface area contributed by atoms with Crippen molar-refractivity contribution < 1.29 is 9.63 Å². The van der Waals surface area contributed by atoms with Crippen molar-refractivity contribution in [3.63, 3.8) is 0 Å². The van der Waals surface area contributed by atoms with Gasteiger partial charge in [-0.25, -0.2) is 0 Å². The molecule has 0 aliphatic heterocycles. The van der Waals surface area contributed by atoms with Crippen molar-refractivity contribution in [1.82, 2.24) is 10.1 Å². The molecule has 5 heteroatoms. The van der Waals surface area contributed by atoms with Crippen molar-refractivity contribution in [2.24, 2.45) is 0 Å². The van der Waals surface area contributed by atoms with Gasteiger partial charge in [0.2, 0.25) is 5.88 Å². The van der Waals surface area contributed by atoms with Gasteiger partial charge in [-0.15, -0.1) is 0 Å². The van der Waals surface area contributed by atoms with Gasteiger partial charge < -0.3 is 20.3 Å². The van der Waals surface area contributed by atoms with E-state index in [1.807, 2.05) is 38.1 Å². The van der Waals surface area contributed by atoms with Crippen LogP contribution in [0.1, 0.15) is 11.1 Å². The molecule has 5 nitrogen and oxygen atoms in total. The Hall–Kier alpha value is -2.01. The number of phenolic OH excluding ortho intramolecular Hbond substituents is 1. The second kappa shape index (κ2) is 4.70. The molecule has 3 N–H and O–H groups in total. The number of hydrogen-bond donors (Lipinski definition) is 2. The maximum absolute atomic E-state index is 10.0. The fourth-order valence-corrected chi connectivity index (χ4v) is 1.89. The fraction of sp³-hybridized carbons (Fsp3) is 0.308. The Morgan fingerprint density at radius 1 is 1.33 bits per heavy atom. The van der Waals surface area contributed by atoms with E-state index >= 15 is 0 Å². The number of nitrogens with two attached hydrogens (primary N) is 1. The molecule has 1 aromatic heterocycles. The van der Waals surface area contributed by atoms with Gasteiger partial charge in [0, 0.05) is 23.7 Å². The van der Waals surface area contributed by atoms with E-state index in [2.05, 4.69) is 5.16 Å². The van der Waals surface area contributed by atoms with E-state index in [1.54, 1.807) is 6.07 Å². The Labute approximate surface area is 106 Å². The number of aromatic hydroxyl groups is 1. The highest BCUT2D eigenvalue weighted by Gasteiger charge is 2.11. The molecule has 0 atom stereocenters. The van der Waals surface area contributed by atoms with Crippen LogP contribution in [0, 0.1) is 6.92 Å². The lowest BCUT2D eigenvalue weighted by Crippen LogP contribution is -2.11. The van der Waals surface area contributed by atoms with Crippen molar-refractivity contribution in [2.75, 3.05) is 19.8 Å². The van der Waals surface area contributed by atoms with E-state index in [9.17, 15) is 5.11 Å². The van der Waals surface area contributed by atoms with Crippen LogP contribution in [-0.4, -0.2) is 29.3 Å². The van der Waals surface area contributed by atoms with Gasteiger partial charge in [0.25, 0.3) is 0 Å². The molecule has 0 aliphatic carbocycles. The molecule has 2 rings (SSSR count). The zero-order valence-corrected chi connectivity index (χ0v) is 10.8. The second-order valence-electron chi connectivity index (χ2n) is 4.65. The molecule has 18 heavy (non-hydrogen) atoms. The number of aromatic nitrogens is 1. The molecule has 0 unspecified atom stereocenters. The van der Waals surface area contributed by atoms with E-state index in [-0.39, 0.29) is 5.88 Å². The van der Waals surface area contributed by atoms with Crippen LogP contribution in [0.15, 0.2) is 22.7 Å². The lowest BCUT2D eigenvalue weighted by atomic mass is 10.0. The quantitative estimate of drug-likeness (QED) is 0.867. The summed E-state index contributed by atoms with van der Waals surface area (Å²) in [7, 11) is 3.91. The summed E-state index contributed by atoms with van der Waals surface area (Å²) in [6.45, 7) is 2.52. The number of aryl methyl sites for hydroxylation is 1. The van der Waals surface area contributed by atoms with E-state index in [1.165, 1.54) is 0 Å². The third kappa shape index (κ3) is 2.46. The SMILES string of the molecule is Cc1cc(-c2cc(N)on2)cc(CN(C)C)c1O. The second-order valence-corrected chi connectivity index (χ2v) is 4.65. The first-order valence-corrected chi connectivity index (χ1v) is 5.67. The summed E-state index contributed by atoms with van der Waals surface area (Å²) in [6, 6.07) is 5.44. The molecule has 0 fully saturated rings. The number of hydrogen-bond acceptors (Lipinski definition) is 5. The molecular formula is C13H17N3O2. The zero-order valence-electron chi connectivity index (χ0n) is 10.8. The first-order valence-electron chi connectivity index (χ1n) is 5.67. The van der Waals surface area contributed by atoms with Gasteiger partial charge in [-0.3, -0.25) is 0 Å². The lowest BCUT2D eigenvalue weighted by molar-refractivity contribution is 0.385. The Bertz CT molecular complexity index is 561. The third-order valence-electron chi connectivity index (χ3n) is 2.69. The summed E-state index contributed by atoms with van der Waals surface area (Å²) in [4.78, 5) is 2.00.